The van der Waals surface area contributed by atoms with Crippen molar-refractivity contribution in [1.82, 2.24) is 0 Å². The molecule has 0 aromatic heterocycles. The largest absolute Gasteiger partial charge is 1.00 e. The van der Waals surface area contributed by atoms with Crippen molar-refractivity contribution >= 4 is 22.6 Å². The number of ether oxygens (including phenoxy) is 2. The number of phenolic OH excluding ortho intramolecular Hbond substituents is 1. The SMILES string of the molecule is O=S(=O)([O-])Oc1cc(/C=C\c2ccc(O)cc2)cc(O[C@@H]2O[C@H](CO)[C@@H](O)[C@H](O)[C@H]2O)c1.[Na+]. The van der Waals surface area contributed by atoms with Gasteiger partial charge in [-0.3, -0.25) is 0 Å². The van der Waals surface area contributed by atoms with Gasteiger partial charge >= 0.3 is 29.6 Å². The third-order valence-corrected chi connectivity index (χ3v) is 4.96. The first kappa shape index (κ1) is 27.5. The van der Waals surface area contributed by atoms with E-state index >= 15 is 0 Å². The first-order valence-electron chi connectivity index (χ1n) is 9.30. The Hall–Kier alpha value is -1.71. The van der Waals surface area contributed by atoms with E-state index in [-0.39, 0.29) is 46.8 Å². The molecule has 0 bridgehead atoms. The van der Waals surface area contributed by atoms with Crippen molar-refractivity contribution in [3.8, 4) is 17.2 Å². The first-order valence-corrected chi connectivity index (χ1v) is 10.6. The molecule has 1 fully saturated rings. The zero-order valence-electron chi connectivity index (χ0n) is 17.4. The van der Waals surface area contributed by atoms with E-state index in [2.05, 4.69) is 4.18 Å². The Morgan fingerprint density at radius 2 is 1.55 bits per heavy atom. The molecule has 1 saturated heterocycles. The van der Waals surface area contributed by atoms with E-state index < -0.39 is 47.7 Å². The van der Waals surface area contributed by atoms with Crippen LogP contribution in [0.3, 0.4) is 0 Å². The Morgan fingerprint density at radius 1 is 0.939 bits per heavy atom. The molecule has 3 rings (SSSR count). The average molecular weight is 492 g/mol. The molecule has 1 aliphatic rings. The van der Waals surface area contributed by atoms with Gasteiger partial charge in [-0.05, 0) is 35.4 Å². The third-order valence-electron chi connectivity index (χ3n) is 4.56. The van der Waals surface area contributed by atoms with Crippen LogP contribution in [-0.4, -0.2) is 75.8 Å². The molecule has 5 N–H and O–H groups in total. The Labute approximate surface area is 211 Å². The predicted molar refractivity (Wildman–Crippen MR) is 108 cm³/mol. The van der Waals surface area contributed by atoms with Crippen LogP contribution < -0.4 is 38.5 Å². The van der Waals surface area contributed by atoms with Crippen molar-refractivity contribution in [2.24, 2.45) is 0 Å². The number of aromatic hydroxyl groups is 1. The van der Waals surface area contributed by atoms with E-state index in [1.165, 1.54) is 30.3 Å². The van der Waals surface area contributed by atoms with Gasteiger partial charge in [0.25, 0.3) is 10.4 Å². The molecule has 1 heterocycles. The van der Waals surface area contributed by atoms with Crippen molar-refractivity contribution in [2.45, 2.75) is 30.7 Å². The normalized spacial score (nSPS) is 25.4. The van der Waals surface area contributed by atoms with Crippen LogP contribution in [0.15, 0.2) is 42.5 Å². The summed E-state index contributed by atoms with van der Waals surface area (Å²) in [6.07, 6.45) is -4.54. The van der Waals surface area contributed by atoms with Gasteiger partial charge in [-0.25, -0.2) is 8.42 Å². The molecule has 0 amide bonds. The van der Waals surface area contributed by atoms with Crippen LogP contribution in [0, 0.1) is 0 Å². The predicted octanol–water partition coefficient (Wildman–Crippen LogP) is -3.42. The Bertz CT molecular complexity index is 1060. The second kappa shape index (κ2) is 11.6. The van der Waals surface area contributed by atoms with Crippen molar-refractivity contribution in [2.75, 3.05) is 6.61 Å². The van der Waals surface area contributed by atoms with Crippen LogP contribution in [-0.2, 0) is 15.1 Å². The number of benzene rings is 2. The minimum Gasteiger partial charge on any atom is -0.716 e. The minimum absolute atomic E-state index is 0. The van der Waals surface area contributed by atoms with Gasteiger partial charge in [-0.2, -0.15) is 0 Å². The van der Waals surface area contributed by atoms with E-state index in [1.807, 2.05) is 0 Å². The molecule has 33 heavy (non-hydrogen) atoms. The second-order valence-electron chi connectivity index (χ2n) is 6.97. The number of phenols is 1. The van der Waals surface area contributed by atoms with Gasteiger partial charge in [0.1, 0.15) is 41.7 Å². The van der Waals surface area contributed by atoms with Gasteiger partial charge < -0.3 is 43.7 Å². The summed E-state index contributed by atoms with van der Waals surface area (Å²) in [7, 11) is -5.10. The number of aliphatic hydroxyl groups is 4. The molecular formula is C20H21NaO11S. The van der Waals surface area contributed by atoms with Crippen LogP contribution in [0.2, 0.25) is 0 Å². The molecule has 13 heteroatoms. The molecule has 0 spiro atoms. The maximum atomic E-state index is 11.0. The van der Waals surface area contributed by atoms with E-state index in [0.29, 0.717) is 11.1 Å². The van der Waals surface area contributed by atoms with Crippen LogP contribution in [0.25, 0.3) is 12.2 Å². The molecule has 5 atom stereocenters. The smallest absolute Gasteiger partial charge is 0.716 e. The summed E-state index contributed by atoms with van der Waals surface area (Å²) in [5, 5.41) is 48.5. The molecule has 2 aromatic rings. The Balaban J connectivity index is 0.00000385. The van der Waals surface area contributed by atoms with Crippen LogP contribution in [0.1, 0.15) is 11.1 Å². The molecular weight excluding hydrogens is 471 g/mol. The fourth-order valence-electron chi connectivity index (χ4n) is 3.00. The van der Waals surface area contributed by atoms with Gasteiger partial charge in [0, 0.05) is 6.07 Å². The summed E-state index contributed by atoms with van der Waals surface area (Å²) < 4.78 is 48.2. The average Bonchev–Trinajstić information content (AvgIpc) is 2.72. The second-order valence-corrected chi connectivity index (χ2v) is 7.95. The van der Waals surface area contributed by atoms with E-state index in [0.717, 1.165) is 6.07 Å². The number of hydrogen-bond donors (Lipinski definition) is 5. The van der Waals surface area contributed by atoms with Gasteiger partial charge in [-0.15, -0.1) is 0 Å². The molecule has 0 radical (unpaired) electrons. The molecule has 2 aromatic carbocycles. The van der Waals surface area contributed by atoms with E-state index in [9.17, 15) is 38.5 Å². The summed E-state index contributed by atoms with van der Waals surface area (Å²) in [6, 6.07) is 9.89. The fourth-order valence-corrected chi connectivity index (χ4v) is 3.33. The minimum atomic E-state index is -5.10. The first-order chi connectivity index (χ1) is 15.1. The summed E-state index contributed by atoms with van der Waals surface area (Å²) in [6.45, 7) is -0.664. The fraction of sp³-hybridized carbons (Fsp3) is 0.300. The summed E-state index contributed by atoms with van der Waals surface area (Å²) >= 11 is 0. The van der Waals surface area contributed by atoms with E-state index in [4.69, 9.17) is 9.47 Å². The van der Waals surface area contributed by atoms with Crippen LogP contribution in [0.5, 0.6) is 17.2 Å². The van der Waals surface area contributed by atoms with Crippen molar-refractivity contribution in [3.05, 3.63) is 53.6 Å². The Kier molecular flexibility index (Phi) is 9.70. The van der Waals surface area contributed by atoms with Gasteiger partial charge in [0.05, 0.1) is 6.61 Å². The number of hydrogen-bond acceptors (Lipinski definition) is 11. The number of aliphatic hydroxyl groups excluding tert-OH is 4. The van der Waals surface area contributed by atoms with Crippen molar-refractivity contribution < 1.29 is 81.7 Å². The molecule has 11 nitrogen and oxygen atoms in total. The van der Waals surface area contributed by atoms with Crippen LogP contribution in [0.4, 0.5) is 0 Å². The summed E-state index contributed by atoms with van der Waals surface area (Å²) in [5.74, 6) is -0.401. The molecule has 0 unspecified atom stereocenters. The Morgan fingerprint density at radius 3 is 2.15 bits per heavy atom. The summed E-state index contributed by atoms with van der Waals surface area (Å²) in [5.41, 5.74) is 1.03. The topological polar surface area (TPSA) is 186 Å². The summed E-state index contributed by atoms with van der Waals surface area (Å²) in [4.78, 5) is 0. The van der Waals surface area contributed by atoms with Gasteiger partial charge in [0.15, 0.2) is 0 Å². The van der Waals surface area contributed by atoms with Crippen molar-refractivity contribution in [3.63, 3.8) is 0 Å². The zero-order valence-corrected chi connectivity index (χ0v) is 20.2. The third kappa shape index (κ3) is 7.65. The molecule has 0 aliphatic carbocycles. The standard InChI is InChI=1S/C20H22O11S.Na/c21-10-16-17(23)18(24)19(25)20(30-16)29-14-7-12(8-15(9-14)31-32(26,27)28)2-1-11-3-5-13(22)6-4-11;/h1-9,16-25H,10H2,(H,26,27,28);/q;+1/p-1/b2-1-;/t16-,17-,18+,19-,20-;/m1./s1. The quantitative estimate of drug-likeness (QED) is 0.112. The van der Waals surface area contributed by atoms with Gasteiger partial charge in [0.2, 0.25) is 6.29 Å². The molecule has 0 saturated carbocycles. The van der Waals surface area contributed by atoms with Crippen LogP contribution >= 0.6 is 0 Å². The number of rotatable bonds is 7. The molecule has 1 aliphatic heterocycles. The monoisotopic (exact) mass is 492 g/mol. The maximum Gasteiger partial charge on any atom is 1.00 e. The maximum absolute atomic E-state index is 11.0. The van der Waals surface area contributed by atoms with Gasteiger partial charge in [-0.1, -0.05) is 24.3 Å². The van der Waals surface area contributed by atoms with E-state index in [1.54, 1.807) is 18.2 Å². The zero-order chi connectivity index (χ0) is 23.5. The molecule has 174 valence electrons. The van der Waals surface area contributed by atoms with Crippen molar-refractivity contribution in [1.29, 1.82) is 0 Å².